The van der Waals surface area contributed by atoms with E-state index in [2.05, 4.69) is 161 Å². The van der Waals surface area contributed by atoms with Gasteiger partial charge < -0.3 is 9.47 Å². The first-order chi connectivity index (χ1) is 22.4. The molecule has 0 N–H and O–H groups in total. The molecule has 6 aromatic rings. The van der Waals surface area contributed by atoms with E-state index in [0.29, 0.717) is 0 Å². The Hall–Kier alpha value is -4.22. The summed E-state index contributed by atoms with van der Waals surface area (Å²) in [6, 6.07) is 48.5. The third-order valence-electron chi connectivity index (χ3n) is 8.89. The van der Waals surface area contributed by atoms with E-state index in [1.54, 1.807) is 14.2 Å². The molecule has 0 saturated heterocycles. The molecule has 230 valence electrons. The van der Waals surface area contributed by atoms with Crippen LogP contribution in [0.4, 0.5) is 0 Å². The Morgan fingerprint density at radius 2 is 0.630 bits per heavy atom. The maximum Gasteiger partial charge on any atom is 0.122 e. The van der Waals surface area contributed by atoms with E-state index in [1.807, 2.05) is 0 Å². The number of benzene rings is 6. The van der Waals surface area contributed by atoms with E-state index >= 15 is 0 Å². The Bertz CT molecular complexity index is 1720. The molecule has 0 amide bonds. The van der Waals surface area contributed by atoms with Gasteiger partial charge in [-0.1, -0.05) is 121 Å². The number of rotatable bonds is 9. The van der Waals surface area contributed by atoms with Gasteiger partial charge in [-0.15, -0.1) is 0 Å². The van der Waals surface area contributed by atoms with Gasteiger partial charge in [0, 0.05) is 0 Å². The molecule has 4 heteroatoms. The van der Waals surface area contributed by atoms with Gasteiger partial charge in [-0.3, -0.25) is 0 Å². The van der Waals surface area contributed by atoms with E-state index in [4.69, 9.17) is 9.47 Å². The molecule has 0 unspecified atom stereocenters. The van der Waals surface area contributed by atoms with E-state index < -0.39 is 15.8 Å². The maximum atomic E-state index is 6.08. The van der Waals surface area contributed by atoms with Gasteiger partial charge in [0.25, 0.3) is 0 Å². The summed E-state index contributed by atoms with van der Waals surface area (Å²) in [6.07, 6.45) is 0. The Labute approximate surface area is 276 Å². The summed E-state index contributed by atoms with van der Waals surface area (Å²) >= 11 is 0. The lowest BCUT2D eigenvalue weighted by Crippen LogP contribution is -2.28. The van der Waals surface area contributed by atoms with E-state index in [1.165, 1.54) is 65.2 Å². The smallest absolute Gasteiger partial charge is 0.122 e. The monoisotopic (exact) mass is 638 g/mol. The van der Waals surface area contributed by atoms with E-state index in [9.17, 15) is 0 Å². The summed E-state index contributed by atoms with van der Waals surface area (Å²) in [5.74, 6) is 1.85. The Morgan fingerprint density at radius 3 is 0.870 bits per heavy atom. The molecule has 0 heterocycles. The quantitative estimate of drug-likeness (QED) is 0.149. The molecule has 0 atom stereocenters. The van der Waals surface area contributed by atoms with Gasteiger partial charge in [0.05, 0.1) is 14.2 Å². The van der Waals surface area contributed by atoms with Gasteiger partial charge in [0.2, 0.25) is 0 Å². The molecule has 46 heavy (non-hydrogen) atoms. The van der Waals surface area contributed by atoms with Crippen molar-refractivity contribution in [2.45, 2.75) is 27.7 Å². The predicted molar refractivity (Wildman–Crippen MR) is 201 cm³/mol. The topological polar surface area (TPSA) is 18.5 Å². The molecule has 0 aliphatic rings. The molecule has 0 bridgehead atoms. The number of hydrogen-bond donors (Lipinski definition) is 0. The fourth-order valence-electron chi connectivity index (χ4n) is 6.31. The van der Waals surface area contributed by atoms with Crippen molar-refractivity contribution < 1.29 is 9.47 Å². The first kappa shape index (κ1) is 31.7. The van der Waals surface area contributed by atoms with E-state index in [-0.39, 0.29) is 0 Å². The first-order valence-electron chi connectivity index (χ1n) is 15.6. The molecule has 6 rings (SSSR count). The van der Waals surface area contributed by atoms with Crippen molar-refractivity contribution in [2.24, 2.45) is 0 Å². The molecule has 0 aliphatic carbocycles. The number of methoxy groups -OCH3 is 2. The third kappa shape index (κ3) is 6.01. The molecule has 0 fully saturated rings. The Morgan fingerprint density at radius 1 is 0.370 bits per heavy atom. The molecule has 6 aromatic carbocycles. The van der Waals surface area contributed by atoms with E-state index in [0.717, 1.165) is 11.5 Å². The summed E-state index contributed by atoms with van der Waals surface area (Å²) in [7, 11) is 1.74. The average molecular weight is 639 g/mol. The largest absolute Gasteiger partial charge is 0.496 e. The number of ether oxygens (including phenoxy) is 2. The van der Waals surface area contributed by atoms with Crippen LogP contribution in [-0.2, 0) is 0 Å². The molecule has 0 spiro atoms. The van der Waals surface area contributed by atoms with Crippen LogP contribution in [-0.4, -0.2) is 14.2 Å². The van der Waals surface area contributed by atoms with Crippen molar-refractivity contribution in [3.8, 4) is 22.6 Å². The highest BCUT2D eigenvalue weighted by Gasteiger charge is 2.30. The third-order valence-corrected chi connectivity index (χ3v) is 13.8. The number of hydrogen-bond acceptors (Lipinski definition) is 2. The van der Waals surface area contributed by atoms with Crippen LogP contribution >= 0.6 is 15.8 Å². The maximum absolute atomic E-state index is 6.08. The molecule has 2 nitrogen and oxygen atoms in total. The lowest BCUT2D eigenvalue weighted by Gasteiger charge is -2.31. The van der Waals surface area contributed by atoms with Crippen molar-refractivity contribution in [1.29, 1.82) is 0 Å². The van der Waals surface area contributed by atoms with Crippen molar-refractivity contribution in [3.63, 3.8) is 0 Å². The lowest BCUT2D eigenvalue weighted by molar-refractivity contribution is 0.411. The fraction of sp³-hybridized carbons (Fsp3) is 0.143. The first-order valence-corrected chi connectivity index (χ1v) is 18.3. The van der Waals surface area contributed by atoms with Gasteiger partial charge in [-0.05, 0) is 121 Å². The van der Waals surface area contributed by atoms with Gasteiger partial charge >= 0.3 is 0 Å². The SMILES string of the molecule is COc1cc(P(c2ccccc2)c2ccccc2)c(-c2c(P(c3ccccc3)c3ccccc3)cc(OC)c(C)c2C)c(C)c1C. The van der Waals surface area contributed by atoms with Crippen LogP contribution in [0.1, 0.15) is 22.3 Å². The average Bonchev–Trinajstić information content (AvgIpc) is 3.10. The van der Waals surface area contributed by atoms with Crippen LogP contribution in [0.25, 0.3) is 11.1 Å². The summed E-state index contributed by atoms with van der Waals surface area (Å²) in [6.45, 7) is 8.93. The summed E-state index contributed by atoms with van der Waals surface area (Å²) < 4.78 is 12.2. The summed E-state index contributed by atoms with van der Waals surface area (Å²) in [5.41, 5.74) is 7.43. The minimum absolute atomic E-state index is 0.918. The zero-order valence-electron chi connectivity index (χ0n) is 27.4. The van der Waals surface area contributed by atoms with Crippen LogP contribution in [0.2, 0.25) is 0 Å². The second kappa shape index (κ2) is 14.0. The standard InChI is InChI=1S/C42H40O2P2/c1-29-31(3)41(39(27-37(29)43-5)45(33-19-11-7-12-20-33)34-21-13-8-14-22-34)42-32(4)30(2)38(44-6)28-40(42)46(35-23-15-9-16-24-35)36-25-17-10-18-26-36/h7-28H,1-6H3. The van der Waals surface area contributed by atoms with Crippen LogP contribution in [0.15, 0.2) is 133 Å². The fourth-order valence-corrected chi connectivity index (χ4v) is 11.4. The molecular formula is C42H40O2P2. The molecular weight excluding hydrogens is 598 g/mol. The highest BCUT2D eigenvalue weighted by molar-refractivity contribution is 7.80. The molecule has 0 radical (unpaired) electrons. The zero-order valence-corrected chi connectivity index (χ0v) is 29.2. The minimum atomic E-state index is -0.918. The Balaban J connectivity index is 1.77. The van der Waals surface area contributed by atoms with Gasteiger partial charge in [0.1, 0.15) is 11.5 Å². The highest BCUT2D eigenvalue weighted by atomic mass is 31.1. The van der Waals surface area contributed by atoms with Crippen LogP contribution in [0, 0.1) is 27.7 Å². The minimum Gasteiger partial charge on any atom is -0.496 e. The van der Waals surface area contributed by atoms with Crippen molar-refractivity contribution >= 4 is 47.7 Å². The van der Waals surface area contributed by atoms with Crippen LogP contribution in [0.5, 0.6) is 11.5 Å². The highest BCUT2D eigenvalue weighted by Crippen LogP contribution is 2.46. The molecule has 0 aromatic heterocycles. The summed E-state index contributed by atoms with van der Waals surface area (Å²) in [5, 5.41) is 7.86. The van der Waals surface area contributed by atoms with Crippen molar-refractivity contribution in [2.75, 3.05) is 14.2 Å². The lowest BCUT2D eigenvalue weighted by atomic mass is 9.91. The van der Waals surface area contributed by atoms with Gasteiger partial charge in [-0.2, -0.15) is 0 Å². The molecule has 0 aliphatic heterocycles. The summed E-state index contributed by atoms with van der Waals surface area (Å²) in [4.78, 5) is 0. The van der Waals surface area contributed by atoms with Gasteiger partial charge in [0.15, 0.2) is 0 Å². The van der Waals surface area contributed by atoms with Crippen molar-refractivity contribution in [3.05, 3.63) is 156 Å². The normalized spacial score (nSPS) is 11.2. The van der Waals surface area contributed by atoms with Crippen LogP contribution < -0.4 is 41.3 Å². The predicted octanol–water partition coefficient (Wildman–Crippen LogP) is 8.12. The van der Waals surface area contributed by atoms with Crippen LogP contribution in [0.3, 0.4) is 0 Å². The zero-order chi connectivity index (χ0) is 32.2. The van der Waals surface area contributed by atoms with Crippen molar-refractivity contribution in [1.82, 2.24) is 0 Å². The second-order valence-electron chi connectivity index (χ2n) is 11.5. The second-order valence-corrected chi connectivity index (χ2v) is 15.8. The Kier molecular flexibility index (Phi) is 9.70. The molecule has 0 saturated carbocycles. The van der Waals surface area contributed by atoms with Gasteiger partial charge in [-0.25, -0.2) is 0 Å².